The molecule has 3 N–H and O–H groups in total. The van der Waals surface area contributed by atoms with Crippen molar-refractivity contribution in [1.29, 1.82) is 0 Å². The van der Waals surface area contributed by atoms with E-state index >= 15 is 0 Å². The van der Waals surface area contributed by atoms with Crippen LogP contribution in [0.4, 0.5) is 4.79 Å². The van der Waals surface area contributed by atoms with Crippen LogP contribution in [-0.2, 0) is 4.79 Å². The second-order valence-electron chi connectivity index (χ2n) is 4.11. The fourth-order valence-corrected chi connectivity index (χ4v) is 1.51. The maximum absolute atomic E-state index is 11.4. The number of rotatable bonds is 5. The number of nitrogens with one attached hydrogen (secondary N) is 2. The molecule has 0 saturated heterocycles. The highest BCUT2D eigenvalue weighted by Crippen LogP contribution is 2.39. The van der Waals surface area contributed by atoms with Crippen molar-refractivity contribution >= 4 is 23.6 Å². The molecular formula is C10H15ClN2O3. The Morgan fingerprint density at radius 2 is 2.12 bits per heavy atom. The van der Waals surface area contributed by atoms with Gasteiger partial charge in [-0.25, -0.2) is 9.59 Å². The normalized spacial score (nSPS) is 18.4. The summed E-state index contributed by atoms with van der Waals surface area (Å²) in [6, 6.07) is -0.543. The monoisotopic (exact) mass is 246 g/mol. The van der Waals surface area contributed by atoms with Crippen molar-refractivity contribution in [2.45, 2.75) is 25.3 Å². The van der Waals surface area contributed by atoms with Crippen LogP contribution in [0.3, 0.4) is 0 Å². The second-order valence-corrected chi connectivity index (χ2v) is 4.64. The highest BCUT2D eigenvalue weighted by molar-refractivity contribution is 6.29. The molecule has 0 aromatic rings. The Kier molecular flexibility index (Phi) is 3.80. The van der Waals surface area contributed by atoms with Crippen LogP contribution in [0.25, 0.3) is 0 Å². The summed E-state index contributed by atoms with van der Waals surface area (Å²) in [5.41, 5.74) is -1.20. The fourth-order valence-electron chi connectivity index (χ4n) is 1.45. The SMILES string of the molecule is C=C(Cl)CNC(=O)NC(C)(C(=O)O)C1CC1. The summed E-state index contributed by atoms with van der Waals surface area (Å²) in [5, 5.41) is 14.3. The van der Waals surface area contributed by atoms with Crippen molar-refractivity contribution in [3.63, 3.8) is 0 Å². The van der Waals surface area contributed by atoms with Gasteiger partial charge in [0.1, 0.15) is 5.54 Å². The second kappa shape index (κ2) is 4.74. The average Bonchev–Trinajstić information content (AvgIpc) is 2.97. The summed E-state index contributed by atoms with van der Waals surface area (Å²) in [6.45, 7) is 5.05. The molecule has 0 bridgehead atoms. The molecule has 0 aromatic carbocycles. The highest BCUT2D eigenvalue weighted by atomic mass is 35.5. The number of hydrogen-bond acceptors (Lipinski definition) is 2. The molecule has 0 aromatic heterocycles. The van der Waals surface area contributed by atoms with Crippen LogP contribution >= 0.6 is 11.6 Å². The lowest BCUT2D eigenvalue weighted by molar-refractivity contribution is -0.144. The topological polar surface area (TPSA) is 78.4 Å². The molecule has 6 heteroatoms. The molecule has 0 radical (unpaired) electrons. The molecule has 0 heterocycles. The molecule has 0 aliphatic heterocycles. The van der Waals surface area contributed by atoms with E-state index in [0.29, 0.717) is 5.03 Å². The zero-order chi connectivity index (χ0) is 12.3. The number of urea groups is 1. The van der Waals surface area contributed by atoms with Gasteiger partial charge in [-0.05, 0) is 25.7 Å². The van der Waals surface area contributed by atoms with Gasteiger partial charge in [-0.3, -0.25) is 0 Å². The lowest BCUT2D eigenvalue weighted by Crippen LogP contribution is -2.56. The van der Waals surface area contributed by atoms with Crippen LogP contribution in [0, 0.1) is 5.92 Å². The van der Waals surface area contributed by atoms with Crippen LogP contribution in [0.5, 0.6) is 0 Å². The minimum absolute atomic E-state index is 0.00922. The largest absolute Gasteiger partial charge is 0.480 e. The lowest BCUT2D eigenvalue weighted by Gasteiger charge is -2.26. The molecule has 1 saturated carbocycles. The smallest absolute Gasteiger partial charge is 0.329 e. The van der Waals surface area contributed by atoms with Crippen LogP contribution in [0.15, 0.2) is 11.6 Å². The van der Waals surface area contributed by atoms with E-state index in [2.05, 4.69) is 17.2 Å². The molecule has 5 nitrogen and oxygen atoms in total. The summed E-state index contributed by atoms with van der Waals surface area (Å²) in [7, 11) is 0. The van der Waals surface area contributed by atoms with Crippen molar-refractivity contribution < 1.29 is 14.7 Å². The summed E-state index contributed by atoms with van der Waals surface area (Å²) < 4.78 is 0. The Hall–Kier alpha value is -1.23. The Bertz CT molecular complexity index is 328. The minimum Gasteiger partial charge on any atom is -0.480 e. The van der Waals surface area contributed by atoms with Gasteiger partial charge in [-0.15, -0.1) is 0 Å². The van der Waals surface area contributed by atoms with E-state index in [-0.39, 0.29) is 12.5 Å². The van der Waals surface area contributed by atoms with E-state index in [4.69, 9.17) is 16.7 Å². The van der Waals surface area contributed by atoms with Crippen molar-refractivity contribution in [3.05, 3.63) is 11.6 Å². The standard InChI is InChI=1S/C10H15ClN2O3/c1-6(11)5-12-9(16)13-10(2,8(14)15)7-3-4-7/h7H,1,3-5H2,2H3,(H,14,15)(H2,12,13,16). The molecule has 2 amide bonds. The Morgan fingerprint density at radius 3 is 2.50 bits per heavy atom. The number of carbonyl (C=O) groups excluding carboxylic acids is 1. The summed E-state index contributed by atoms with van der Waals surface area (Å²) in [5.74, 6) is -1.01. The molecule has 1 aliphatic rings. The number of carbonyl (C=O) groups is 2. The molecule has 16 heavy (non-hydrogen) atoms. The zero-order valence-corrected chi connectivity index (χ0v) is 9.80. The Balaban J connectivity index is 2.52. The molecule has 1 unspecified atom stereocenters. The number of amides is 2. The third-order valence-corrected chi connectivity index (χ3v) is 2.79. The van der Waals surface area contributed by atoms with E-state index < -0.39 is 17.5 Å². The minimum atomic E-state index is -1.20. The summed E-state index contributed by atoms with van der Waals surface area (Å²) in [4.78, 5) is 22.5. The zero-order valence-electron chi connectivity index (χ0n) is 9.05. The first-order chi connectivity index (χ1) is 7.36. The molecule has 90 valence electrons. The number of carboxylic acids is 1. The number of hydrogen-bond donors (Lipinski definition) is 3. The predicted octanol–water partition coefficient (Wildman–Crippen LogP) is 1.29. The van der Waals surface area contributed by atoms with Crippen molar-refractivity contribution in [2.75, 3.05) is 6.54 Å². The van der Waals surface area contributed by atoms with E-state index in [0.717, 1.165) is 12.8 Å². The van der Waals surface area contributed by atoms with Gasteiger partial charge in [0, 0.05) is 5.03 Å². The van der Waals surface area contributed by atoms with Gasteiger partial charge in [0.15, 0.2) is 0 Å². The van der Waals surface area contributed by atoms with Gasteiger partial charge in [-0.2, -0.15) is 0 Å². The molecule has 0 spiro atoms. The van der Waals surface area contributed by atoms with Gasteiger partial charge >= 0.3 is 12.0 Å². The predicted molar refractivity (Wildman–Crippen MR) is 60.3 cm³/mol. The number of aliphatic carboxylic acids is 1. The van der Waals surface area contributed by atoms with Gasteiger partial charge in [0.25, 0.3) is 0 Å². The van der Waals surface area contributed by atoms with Crippen molar-refractivity contribution in [1.82, 2.24) is 10.6 Å². The van der Waals surface area contributed by atoms with Crippen molar-refractivity contribution in [3.8, 4) is 0 Å². The Labute approximate surface area is 98.8 Å². The molecule has 1 atom stereocenters. The summed E-state index contributed by atoms with van der Waals surface area (Å²) in [6.07, 6.45) is 1.65. The van der Waals surface area contributed by atoms with E-state index in [1.807, 2.05) is 0 Å². The van der Waals surface area contributed by atoms with E-state index in [1.54, 1.807) is 0 Å². The van der Waals surface area contributed by atoms with Gasteiger partial charge in [-0.1, -0.05) is 18.2 Å². The molecule has 1 aliphatic carbocycles. The lowest BCUT2D eigenvalue weighted by atomic mass is 9.96. The molecular weight excluding hydrogens is 232 g/mol. The van der Waals surface area contributed by atoms with Gasteiger partial charge < -0.3 is 15.7 Å². The van der Waals surface area contributed by atoms with Gasteiger partial charge in [0.2, 0.25) is 0 Å². The van der Waals surface area contributed by atoms with E-state index in [9.17, 15) is 9.59 Å². The molecule has 1 rings (SSSR count). The first-order valence-corrected chi connectivity index (χ1v) is 5.36. The van der Waals surface area contributed by atoms with E-state index in [1.165, 1.54) is 6.92 Å². The fraction of sp³-hybridized carbons (Fsp3) is 0.600. The maximum Gasteiger partial charge on any atom is 0.329 e. The Morgan fingerprint density at radius 1 is 1.56 bits per heavy atom. The van der Waals surface area contributed by atoms with Gasteiger partial charge in [0.05, 0.1) is 6.54 Å². The van der Waals surface area contributed by atoms with Crippen LogP contribution in [0.1, 0.15) is 19.8 Å². The van der Waals surface area contributed by atoms with Crippen LogP contribution in [0.2, 0.25) is 0 Å². The summed E-state index contributed by atoms with van der Waals surface area (Å²) >= 11 is 5.48. The highest BCUT2D eigenvalue weighted by Gasteiger charge is 2.48. The molecule has 1 fully saturated rings. The average molecular weight is 247 g/mol. The first kappa shape index (κ1) is 12.8. The third kappa shape index (κ3) is 3.13. The maximum atomic E-state index is 11.4. The number of carboxylic acid groups (broad SMARTS) is 1. The van der Waals surface area contributed by atoms with Crippen molar-refractivity contribution in [2.24, 2.45) is 5.92 Å². The van der Waals surface area contributed by atoms with Crippen LogP contribution in [-0.4, -0.2) is 29.2 Å². The third-order valence-electron chi connectivity index (χ3n) is 2.65. The number of halogens is 1. The quantitative estimate of drug-likeness (QED) is 0.684. The first-order valence-electron chi connectivity index (χ1n) is 4.99. The van der Waals surface area contributed by atoms with Crippen LogP contribution < -0.4 is 10.6 Å².